The minimum absolute atomic E-state index is 0.776. The first-order chi connectivity index (χ1) is 24.3. The minimum Gasteiger partial charge on any atom is -0.452 e. The maximum Gasteiger partial charge on any atom is 0.179 e. The molecular formula is C46H29NO2. The molecular weight excluding hydrogens is 599 g/mol. The molecule has 0 aliphatic heterocycles. The zero-order valence-electron chi connectivity index (χ0n) is 26.5. The average Bonchev–Trinajstić information content (AvgIpc) is 3.75. The first-order valence-electron chi connectivity index (χ1n) is 16.6. The van der Waals surface area contributed by atoms with Gasteiger partial charge >= 0.3 is 0 Å². The summed E-state index contributed by atoms with van der Waals surface area (Å²) in [6.45, 7) is 0. The molecule has 0 amide bonds. The van der Waals surface area contributed by atoms with E-state index >= 15 is 0 Å². The molecule has 49 heavy (non-hydrogen) atoms. The van der Waals surface area contributed by atoms with Gasteiger partial charge in [-0.1, -0.05) is 127 Å². The quantitative estimate of drug-likeness (QED) is 0.190. The van der Waals surface area contributed by atoms with E-state index in [0.717, 1.165) is 72.1 Å². The molecule has 2 aromatic heterocycles. The summed E-state index contributed by atoms with van der Waals surface area (Å²) in [6.07, 6.45) is 0. The molecule has 0 saturated heterocycles. The molecule has 2 heterocycles. The van der Waals surface area contributed by atoms with Crippen LogP contribution in [0.3, 0.4) is 0 Å². The topological polar surface area (TPSA) is 29.5 Å². The van der Waals surface area contributed by atoms with Crippen LogP contribution in [0.25, 0.3) is 76.9 Å². The summed E-state index contributed by atoms with van der Waals surface area (Å²) >= 11 is 0. The second kappa shape index (κ2) is 11.0. The van der Waals surface area contributed by atoms with Crippen LogP contribution in [0.1, 0.15) is 0 Å². The van der Waals surface area contributed by atoms with Gasteiger partial charge in [0.15, 0.2) is 11.2 Å². The molecule has 0 radical (unpaired) electrons. The molecule has 230 valence electrons. The van der Waals surface area contributed by atoms with Gasteiger partial charge in [-0.05, 0) is 76.2 Å². The van der Waals surface area contributed by atoms with Gasteiger partial charge < -0.3 is 13.7 Å². The van der Waals surface area contributed by atoms with Gasteiger partial charge in [-0.2, -0.15) is 0 Å². The Hall–Kier alpha value is -6.58. The molecule has 8 aromatic carbocycles. The first kappa shape index (κ1) is 27.5. The fourth-order valence-electron chi connectivity index (χ4n) is 7.37. The van der Waals surface area contributed by atoms with Gasteiger partial charge in [0.1, 0.15) is 11.2 Å². The molecule has 0 spiro atoms. The molecule has 0 aliphatic carbocycles. The van der Waals surface area contributed by atoms with Gasteiger partial charge in [-0.25, -0.2) is 0 Å². The van der Waals surface area contributed by atoms with Crippen molar-refractivity contribution in [1.82, 2.24) is 0 Å². The Labute approximate surface area is 282 Å². The molecule has 0 unspecified atom stereocenters. The van der Waals surface area contributed by atoms with Crippen molar-refractivity contribution in [2.45, 2.75) is 0 Å². The van der Waals surface area contributed by atoms with Crippen LogP contribution in [-0.2, 0) is 0 Å². The van der Waals surface area contributed by atoms with E-state index in [2.05, 4.69) is 157 Å². The second-order valence-corrected chi connectivity index (χ2v) is 12.5. The van der Waals surface area contributed by atoms with Gasteiger partial charge in [0.2, 0.25) is 0 Å². The zero-order valence-corrected chi connectivity index (χ0v) is 26.5. The fraction of sp³-hybridized carbons (Fsp3) is 0. The second-order valence-electron chi connectivity index (χ2n) is 12.5. The van der Waals surface area contributed by atoms with Crippen LogP contribution in [0.2, 0.25) is 0 Å². The SMILES string of the molecule is c1ccc(-c2ccc(N(c3cccc(-c4cc5c6ccccc6oc5c5oc6ccccc6c45)c3)c3cccc4ccccc34)cc2)cc1. The van der Waals surface area contributed by atoms with Gasteiger partial charge in [0.25, 0.3) is 0 Å². The third-order valence-corrected chi connectivity index (χ3v) is 9.65. The van der Waals surface area contributed by atoms with Crippen LogP contribution in [0.5, 0.6) is 0 Å². The van der Waals surface area contributed by atoms with Crippen molar-refractivity contribution in [3.63, 3.8) is 0 Å². The summed E-state index contributed by atoms with van der Waals surface area (Å²) in [6, 6.07) is 62.2. The van der Waals surface area contributed by atoms with Crippen molar-refractivity contribution >= 4 is 71.7 Å². The number of hydrogen-bond acceptors (Lipinski definition) is 3. The number of rotatable bonds is 5. The van der Waals surface area contributed by atoms with Crippen molar-refractivity contribution in [3.8, 4) is 22.3 Å². The molecule has 0 bridgehead atoms. The molecule has 3 heteroatoms. The monoisotopic (exact) mass is 627 g/mol. The maximum atomic E-state index is 6.57. The highest BCUT2D eigenvalue weighted by atomic mass is 16.4. The van der Waals surface area contributed by atoms with E-state index in [1.54, 1.807) is 0 Å². The summed E-state index contributed by atoms with van der Waals surface area (Å²) < 4.78 is 13.0. The Kier molecular flexibility index (Phi) is 6.18. The third kappa shape index (κ3) is 4.44. The molecule has 0 atom stereocenters. The van der Waals surface area contributed by atoms with E-state index in [0.29, 0.717) is 0 Å². The maximum absolute atomic E-state index is 6.57. The fourth-order valence-corrected chi connectivity index (χ4v) is 7.37. The number of benzene rings is 8. The summed E-state index contributed by atoms with van der Waals surface area (Å²) in [4.78, 5) is 2.37. The largest absolute Gasteiger partial charge is 0.452 e. The van der Waals surface area contributed by atoms with E-state index in [4.69, 9.17) is 8.83 Å². The average molecular weight is 628 g/mol. The number of furan rings is 2. The van der Waals surface area contributed by atoms with Crippen molar-refractivity contribution in [2.24, 2.45) is 0 Å². The molecule has 10 rings (SSSR count). The van der Waals surface area contributed by atoms with E-state index in [1.807, 2.05) is 24.3 Å². The van der Waals surface area contributed by atoms with Gasteiger partial charge in [0, 0.05) is 38.3 Å². The first-order valence-corrected chi connectivity index (χ1v) is 16.6. The highest BCUT2D eigenvalue weighted by Gasteiger charge is 2.22. The number of anilines is 3. The normalized spacial score (nSPS) is 11.7. The minimum atomic E-state index is 0.776. The number of para-hydroxylation sites is 2. The highest BCUT2D eigenvalue weighted by molar-refractivity contribution is 6.24. The van der Waals surface area contributed by atoms with E-state index in [1.165, 1.54) is 21.9 Å². The number of fused-ring (bicyclic) bond motifs is 8. The van der Waals surface area contributed by atoms with Gasteiger partial charge in [-0.3, -0.25) is 0 Å². The van der Waals surface area contributed by atoms with Crippen LogP contribution in [0, 0.1) is 0 Å². The van der Waals surface area contributed by atoms with E-state index in [9.17, 15) is 0 Å². The lowest BCUT2D eigenvalue weighted by atomic mass is 9.96. The Bertz CT molecular complexity index is 2820. The lowest BCUT2D eigenvalue weighted by molar-refractivity contribution is 0.633. The van der Waals surface area contributed by atoms with Crippen molar-refractivity contribution in [3.05, 3.63) is 176 Å². The van der Waals surface area contributed by atoms with Crippen molar-refractivity contribution in [2.75, 3.05) is 4.90 Å². The Morgan fingerprint density at radius 3 is 1.82 bits per heavy atom. The van der Waals surface area contributed by atoms with E-state index < -0.39 is 0 Å². The van der Waals surface area contributed by atoms with Gasteiger partial charge in [-0.15, -0.1) is 0 Å². The standard InChI is InChI=1S/C46H29NO2/c1-2-12-30(13-3-1)31-24-26-34(27-25-31)47(41-21-11-15-32-14-4-5-18-36(32)41)35-17-10-16-33(28-35)39-29-40-37-19-6-8-22-42(37)48-45(40)46-44(39)38-20-7-9-23-43(38)49-46/h1-29H. The predicted octanol–water partition coefficient (Wildman–Crippen LogP) is 13.4. The summed E-state index contributed by atoms with van der Waals surface area (Å²) in [5, 5.41) is 6.65. The summed E-state index contributed by atoms with van der Waals surface area (Å²) in [5.74, 6) is 0. The lowest BCUT2D eigenvalue weighted by Crippen LogP contribution is -2.10. The molecule has 0 fully saturated rings. The lowest BCUT2D eigenvalue weighted by Gasteiger charge is -2.27. The zero-order chi connectivity index (χ0) is 32.3. The Morgan fingerprint density at radius 2 is 0.980 bits per heavy atom. The van der Waals surface area contributed by atoms with Crippen LogP contribution in [0.15, 0.2) is 185 Å². The van der Waals surface area contributed by atoms with Crippen LogP contribution < -0.4 is 4.90 Å². The molecule has 0 N–H and O–H groups in total. The number of nitrogens with zero attached hydrogens (tertiary/aromatic N) is 1. The number of hydrogen-bond donors (Lipinski definition) is 0. The third-order valence-electron chi connectivity index (χ3n) is 9.65. The van der Waals surface area contributed by atoms with Crippen LogP contribution in [-0.4, -0.2) is 0 Å². The molecule has 3 nitrogen and oxygen atoms in total. The van der Waals surface area contributed by atoms with Crippen molar-refractivity contribution in [1.29, 1.82) is 0 Å². The highest BCUT2D eigenvalue weighted by Crippen LogP contribution is 2.46. The molecule has 0 saturated carbocycles. The van der Waals surface area contributed by atoms with Crippen LogP contribution in [0.4, 0.5) is 17.1 Å². The van der Waals surface area contributed by atoms with Crippen molar-refractivity contribution < 1.29 is 8.83 Å². The molecule has 10 aromatic rings. The summed E-state index contributed by atoms with van der Waals surface area (Å²) in [7, 11) is 0. The van der Waals surface area contributed by atoms with Crippen LogP contribution >= 0.6 is 0 Å². The van der Waals surface area contributed by atoms with Gasteiger partial charge in [0.05, 0.1) is 5.69 Å². The molecule has 0 aliphatic rings. The Balaban J connectivity index is 1.21. The smallest absolute Gasteiger partial charge is 0.179 e. The summed E-state index contributed by atoms with van der Waals surface area (Å²) in [5.41, 5.74) is 11.1. The van der Waals surface area contributed by atoms with E-state index in [-0.39, 0.29) is 0 Å². The Morgan fingerprint density at radius 1 is 0.367 bits per heavy atom. The predicted molar refractivity (Wildman–Crippen MR) is 204 cm³/mol.